The summed E-state index contributed by atoms with van der Waals surface area (Å²) < 4.78 is 16.1. The molecule has 28 heavy (non-hydrogen) atoms. The number of hydrogen-bond acceptors (Lipinski definition) is 6. The van der Waals surface area contributed by atoms with Gasteiger partial charge in [-0.15, -0.1) is 0 Å². The Balaban J connectivity index is 2.09. The molecule has 1 unspecified atom stereocenters. The quantitative estimate of drug-likeness (QED) is 0.446. The van der Waals surface area contributed by atoms with Crippen molar-refractivity contribution in [2.75, 3.05) is 34.4 Å². The van der Waals surface area contributed by atoms with E-state index in [1.54, 1.807) is 45.9 Å². The van der Waals surface area contributed by atoms with Crippen molar-refractivity contribution in [2.45, 2.75) is 19.6 Å². The van der Waals surface area contributed by atoms with Gasteiger partial charge in [-0.3, -0.25) is 4.98 Å². The summed E-state index contributed by atoms with van der Waals surface area (Å²) in [7, 11) is 4.73. The van der Waals surface area contributed by atoms with Crippen molar-refractivity contribution >= 4 is 5.96 Å². The Morgan fingerprint density at radius 1 is 1.07 bits per heavy atom. The molecule has 0 aliphatic carbocycles. The fourth-order valence-corrected chi connectivity index (χ4v) is 2.64. The lowest BCUT2D eigenvalue weighted by Gasteiger charge is -2.16. The van der Waals surface area contributed by atoms with Crippen molar-refractivity contribution in [3.63, 3.8) is 0 Å². The van der Waals surface area contributed by atoms with Gasteiger partial charge in [-0.25, -0.2) is 4.99 Å². The number of rotatable bonds is 9. The predicted molar refractivity (Wildman–Crippen MR) is 108 cm³/mol. The standard InChI is InChI=1S/C20H28N4O4/c1-5-22-20(24-13-16(25)15-6-8-21-9-7-15)23-12-14-10-17(26-2)19(28-4)18(11-14)27-3/h6-11,16,25H,5,12-13H2,1-4H3,(H2,22,23,24). The van der Waals surface area contributed by atoms with Crippen LogP contribution < -0.4 is 24.8 Å². The van der Waals surface area contributed by atoms with E-state index in [9.17, 15) is 5.11 Å². The number of benzene rings is 1. The predicted octanol–water partition coefficient (Wildman–Crippen LogP) is 1.90. The number of guanidine groups is 1. The van der Waals surface area contributed by atoms with Crippen LogP contribution in [-0.2, 0) is 6.54 Å². The highest BCUT2D eigenvalue weighted by molar-refractivity contribution is 5.79. The summed E-state index contributed by atoms with van der Waals surface area (Å²) in [5.41, 5.74) is 1.70. The van der Waals surface area contributed by atoms with Gasteiger partial charge < -0.3 is 30.0 Å². The minimum absolute atomic E-state index is 0.325. The lowest BCUT2D eigenvalue weighted by Crippen LogP contribution is -2.39. The summed E-state index contributed by atoms with van der Waals surface area (Å²) in [6.45, 7) is 3.41. The van der Waals surface area contributed by atoms with E-state index < -0.39 is 6.10 Å². The van der Waals surface area contributed by atoms with Crippen molar-refractivity contribution < 1.29 is 19.3 Å². The first-order valence-electron chi connectivity index (χ1n) is 9.01. The maximum atomic E-state index is 10.3. The SMILES string of the molecule is CCNC(=NCc1cc(OC)c(OC)c(OC)c1)NCC(O)c1ccncc1. The van der Waals surface area contributed by atoms with Crippen LogP contribution in [0.15, 0.2) is 41.7 Å². The van der Waals surface area contributed by atoms with Gasteiger partial charge in [0.15, 0.2) is 17.5 Å². The maximum absolute atomic E-state index is 10.3. The van der Waals surface area contributed by atoms with E-state index in [0.29, 0.717) is 42.8 Å². The number of aromatic nitrogens is 1. The van der Waals surface area contributed by atoms with Crippen molar-refractivity contribution in [1.29, 1.82) is 0 Å². The minimum atomic E-state index is -0.659. The molecule has 2 rings (SSSR count). The van der Waals surface area contributed by atoms with Gasteiger partial charge in [-0.2, -0.15) is 0 Å². The molecule has 0 saturated heterocycles. The lowest BCUT2D eigenvalue weighted by molar-refractivity contribution is 0.180. The number of aliphatic imine (C=N–C) groups is 1. The monoisotopic (exact) mass is 388 g/mol. The number of ether oxygens (including phenoxy) is 3. The average molecular weight is 388 g/mol. The van der Waals surface area contributed by atoms with Gasteiger partial charge in [0.05, 0.1) is 34.0 Å². The lowest BCUT2D eigenvalue weighted by atomic mass is 10.1. The molecule has 1 aromatic carbocycles. The van der Waals surface area contributed by atoms with E-state index in [1.807, 2.05) is 19.1 Å². The van der Waals surface area contributed by atoms with Gasteiger partial charge in [-0.1, -0.05) is 0 Å². The molecular weight excluding hydrogens is 360 g/mol. The number of hydrogen-bond donors (Lipinski definition) is 3. The summed E-state index contributed by atoms with van der Waals surface area (Å²) in [6.07, 6.45) is 2.65. The van der Waals surface area contributed by atoms with Gasteiger partial charge in [0, 0.05) is 25.5 Å². The Kier molecular flexibility index (Phi) is 8.36. The molecule has 1 atom stereocenters. The molecule has 2 aromatic rings. The first-order valence-corrected chi connectivity index (χ1v) is 9.01. The molecule has 8 heteroatoms. The van der Waals surface area contributed by atoms with Crippen LogP contribution in [0.2, 0.25) is 0 Å². The second kappa shape index (κ2) is 11.0. The Hall–Kier alpha value is -3.00. The van der Waals surface area contributed by atoms with Gasteiger partial charge in [-0.05, 0) is 42.3 Å². The zero-order valence-electron chi connectivity index (χ0n) is 16.7. The molecule has 0 amide bonds. The first kappa shape index (κ1) is 21.3. The third kappa shape index (κ3) is 5.75. The van der Waals surface area contributed by atoms with E-state index in [0.717, 1.165) is 11.1 Å². The Labute approximate surface area is 165 Å². The Morgan fingerprint density at radius 3 is 2.25 bits per heavy atom. The van der Waals surface area contributed by atoms with Crippen molar-refractivity contribution in [1.82, 2.24) is 15.6 Å². The smallest absolute Gasteiger partial charge is 0.203 e. The highest BCUT2D eigenvalue weighted by Crippen LogP contribution is 2.38. The third-order valence-corrected chi connectivity index (χ3v) is 4.04. The van der Waals surface area contributed by atoms with E-state index in [1.165, 1.54) is 0 Å². The van der Waals surface area contributed by atoms with Crippen LogP contribution in [0.1, 0.15) is 24.2 Å². The summed E-state index contributed by atoms with van der Waals surface area (Å²) >= 11 is 0. The number of aliphatic hydroxyl groups excluding tert-OH is 1. The van der Waals surface area contributed by atoms with Gasteiger partial charge in [0.2, 0.25) is 5.75 Å². The second-order valence-corrected chi connectivity index (χ2v) is 5.91. The third-order valence-electron chi connectivity index (χ3n) is 4.04. The zero-order chi connectivity index (χ0) is 20.4. The molecule has 0 saturated carbocycles. The van der Waals surface area contributed by atoms with Crippen LogP contribution in [0.5, 0.6) is 17.2 Å². The van der Waals surface area contributed by atoms with E-state index in [4.69, 9.17) is 14.2 Å². The first-order chi connectivity index (χ1) is 13.6. The molecule has 0 fully saturated rings. The van der Waals surface area contributed by atoms with Crippen molar-refractivity contribution in [3.05, 3.63) is 47.8 Å². The highest BCUT2D eigenvalue weighted by atomic mass is 16.5. The normalized spacial score (nSPS) is 12.2. The topological polar surface area (TPSA) is 97.2 Å². The number of methoxy groups -OCH3 is 3. The Morgan fingerprint density at radius 2 is 1.71 bits per heavy atom. The number of pyridine rings is 1. The number of aliphatic hydroxyl groups is 1. The van der Waals surface area contributed by atoms with Crippen LogP contribution in [-0.4, -0.2) is 50.5 Å². The summed E-state index contributed by atoms with van der Waals surface area (Å²) in [5, 5.41) is 16.6. The van der Waals surface area contributed by atoms with Crippen LogP contribution in [0, 0.1) is 0 Å². The fraction of sp³-hybridized carbons (Fsp3) is 0.400. The second-order valence-electron chi connectivity index (χ2n) is 5.91. The molecule has 0 aliphatic heterocycles. The largest absolute Gasteiger partial charge is 0.493 e. The highest BCUT2D eigenvalue weighted by Gasteiger charge is 2.13. The molecule has 0 radical (unpaired) electrons. The van der Waals surface area contributed by atoms with Crippen LogP contribution >= 0.6 is 0 Å². The summed E-state index contributed by atoms with van der Waals surface area (Å²) in [5.74, 6) is 2.31. The number of nitrogens with one attached hydrogen (secondary N) is 2. The van der Waals surface area contributed by atoms with Crippen molar-refractivity contribution in [3.8, 4) is 17.2 Å². The van der Waals surface area contributed by atoms with Gasteiger partial charge >= 0.3 is 0 Å². The summed E-state index contributed by atoms with van der Waals surface area (Å²) in [4.78, 5) is 8.53. The molecule has 1 aromatic heterocycles. The summed E-state index contributed by atoms with van der Waals surface area (Å²) in [6, 6.07) is 7.29. The zero-order valence-corrected chi connectivity index (χ0v) is 16.7. The molecule has 152 valence electrons. The van der Waals surface area contributed by atoms with Crippen molar-refractivity contribution in [2.24, 2.45) is 4.99 Å². The Bertz CT molecular complexity index is 743. The van der Waals surface area contributed by atoms with Gasteiger partial charge in [0.25, 0.3) is 0 Å². The van der Waals surface area contributed by atoms with E-state index >= 15 is 0 Å². The molecular formula is C20H28N4O4. The maximum Gasteiger partial charge on any atom is 0.203 e. The van der Waals surface area contributed by atoms with E-state index in [-0.39, 0.29) is 0 Å². The molecule has 0 spiro atoms. The van der Waals surface area contributed by atoms with Crippen LogP contribution in [0.4, 0.5) is 0 Å². The molecule has 8 nitrogen and oxygen atoms in total. The van der Waals surface area contributed by atoms with E-state index in [2.05, 4.69) is 20.6 Å². The molecule has 0 bridgehead atoms. The fourth-order valence-electron chi connectivity index (χ4n) is 2.64. The van der Waals surface area contributed by atoms with Gasteiger partial charge in [0.1, 0.15) is 0 Å². The molecule has 1 heterocycles. The van der Waals surface area contributed by atoms with Crippen LogP contribution in [0.3, 0.4) is 0 Å². The average Bonchev–Trinajstić information content (AvgIpc) is 2.75. The minimum Gasteiger partial charge on any atom is -0.493 e. The molecule has 3 N–H and O–H groups in total. The number of nitrogens with zero attached hydrogens (tertiary/aromatic N) is 2. The molecule has 0 aliphatic rings. The van der Waals surface area contributed by atoms with Crippen LogP contribution in [0.25, 0.3) is 0 Å².